The molecule has 1 aliphatic heterocycles. The van der Waals surface area contributed by atoms with Crippen LogP contribution in [0.4, 0.5) is 0 Å². The van der Waals surface area contributed by atoms with E-state index < -0.39 is 0 Å². The summed E-state index contributed by atoms with van der Waals surface area (Å²) in [6, 6.07) is -0.120. The number of rotatable bonds is 3. The van der Waals surface area contributed by atoms with Gasteiger partial charge in [-0.1, -0.05) is 0 Å². The van der Waals surface area contributed by atoms with Crippen molar-refractivity contribution in [3.63, 3.8) is 0 Å². The van der Waals surface area contributed by atoms with E-state index in [2.05, 4.69) is 0 Å². The fraction of sp³-hybridized carbons (Fsp3) is 0.889. The molecule has 1 amide bonds. The van der Waals surface area contributed by atoms with Crippen molar-refractivity contribution in [1.29, 1.82) is 0 Å². The fourth-order valence-corrected chi connectivity index (χ4v) is 1.71. The van der Waals surface area contributed by atoms with E-state index in [1.807, 2.05) is 11.9 Å². The number of carbonyl (C=O) groups is 1. The average molecular weight is 202 g/mol. The first-order chi connectivity index (χ1) is 6.60. The van der Waals surface area contributed by atoms with Crippen LogP contribution in [0.25, 0.3) is 0 Å². The molecule has 0 unspecified atom stereocenters. The Morgan fingerprint density at radius 3 is 2.57 bits per heavy atom. The van der Waals surface area contributed by atoms with Crippen LogP contribution in [0.5, 0.6) is 0 Å². The lowest BCUT2D eigenvalue weighted by atomic mass is 10.2. The van der Waals surface area contributed by atoms with Crippen LogP contribution in [0.2, 0.25) is 0 Å². The van der Waals surface area contributed by atoms with E-state index in [9.17, 15) is 4.79 Å². The number of amides is 1. The number of likely N-dealkylation sites (tertiary alicyclic amines) is 1. The first kappa shape index (κ1) is 11.4. The average Bonchev–Trinajstić information content (AvgIpc) is 2.57. The summed E-state index contributed by atoms with van der Waals surface area (Å²) in [5.74, 6) is -0.0189. The van der Waals surface area contributed by atoms with Gasteiger partial charge in [-0.3, -0.25) is 14.5 Å². The third-order valence-corrected chi connectivity index (χ3v) is 2.71. The molecule has 0 bridgehead atoms. The minimum Gasteiger partial charge on any atom is -0.380 e. The zero-order valence-electron chi connectivity index (χ0n) is 9.19. The number of hydrogen-bond acceptors (Lipinski definition) is 4. The van der Waals surface area contributed by atoms with Crippen molar-refractivity contribution in [2.45, 2.75) is 18.6 Å². The Labute approximate surface area is 84.5 Å². The Hall–Kier alpha value is -0.650. The van der Waals surface area contributed by atoms with Gasteiger partial charge >= 0.3 is 0 Å². The van der Waals surface area contributed by atoms with Gasteiger partial charge in [0.1, 0.15) is 0 Å². The van der Waals surface area contributed by atoms with E-state index in [0.717, 1.165) is 13.0 Å². The summed E-state index contributed by atoms with van der Waals surface area (Å²) in [4.78, 5) is 18.6. The molecule has 1 rings (SSSR count). The predicted octanol–water partition coefficient (Wildman–Crippen LogP) is -0.275. The van der Waals surface area contributed by atoms with E-state index >= 15 is 0 Å². The van der Waals surface area contributed by atoms with Gasteiger partial charge in [0.2, 0.25) is 0 Å². The molecule has 5 nitrogen and oxygen atoms in total. The predicted molar refractivity (Wildman–Crippen MR) is 51.6 cm³/mol. The number of nitrogens with zero attached hydrogens (tertiary/aromatic N) is 2. The molecule has 0 aliphatic carbocycles. The van der Waals surface area contributed by atoms with Crippen LogP contribution >= 0.6 is 0 Å². The molecule has 5 heteroatoms. The van der Waals surface area contributed by atoms with Gasteiger partial charge in [-0.2, -0.15) is 0 Å². The second-order valence-corrected chi connectivity index (χ2v) is 3.57. The number of hydroxylamine groups is 2. The van der Waals surface area contributed by atoms with Crippen LogP contribution in [0.15, 0.2) is 0 Å². The maximum atomic E-state index is 11.8. The monoisotopic (exact) mass is 202 g/mol. The number of likely N-dealkylation sites (N-methyl/N-ethyl adjacent to an activating group) is 2. The fourth-order valence-electron chi connectivity index (χ4n) is 1.71. The zero-order valence-corrected chi connectivity index (χ0v) is 9.19. The molecule has 0 N–H and O–H groups in total. The zero-order chi connectivity index (χ0) is 10.7. The standard InChI is InChI=1S/C9H18N2O3/c1-10-6-7(13-3)5-8(10)9(12)11(2)14-4/h7-8H,5-6H2,1-4H3/t7-,8+/m1/s1. The highest BCUT2D eigenvalue weighted by Crippen LogP contribution is 2.19. The summed E-state index contributed by atoms with van der Waals surface area (Å²) in [6.45, 7) is 0.796. The molecule has 0 aromatic rings. The first-order valence-corrected chi connectivity index (χ1v) is 4.64. The molecule has 1 saturated heterocycles. The molecule has 0 aromatic carbocycles. The molecule has 1 aliphatic rings. The summed E-state index contributed by atoms with van der Waals surface area (Å²) in [7, 11) is 6.70. The van der Waals surface area contributed by atoms with E-state index in [4.69, 9.17) is 9.57 Å². The summed E-state index contributed by atoms with van der Waals surface area (Å²) in [6.07, 6.45) is 0.888. The highest BCUT2D eigenvalue weighted by molar-refractivity contribution is 5.81. The van der Waals surface area contributed by atoms with Gasteiger partial charge in [-0.15, -0.1) is 0 Å². The molecule has 0 spiro atoms. The van der Waals surface area contributed by atoms with Crippen molar-refractivity contribution in [3.8, 4) is 0 Å². The Morgan fingerprint density at radius 1 is 1.50 bits per heavy atom. The quantitative estimate of drug-likeness (QED) is 0.591. The Bertz CT molecular complexity index is 210. The lowest BCUT2D eigenvalue weighted by molar-refractivity contribution is -0.173. The minimum atomic E-state index is -0.120. The third kappa shape index (κ3) is 2.23. The van der Waals surface area contributed by atoms with Crippen LogP contribution in [0.1, 0.15) is 6.42 Å². The molecule has 0 saturated carbocycles. The molecule has 1 heterocycles. The highest BCUT2D eigenvalue weighted by atomic mass is 16.7. The summed E-state index contributed by atoms with van der Waals surface area (Å²) < 4.78 is 5.22. The van der Waals surface area contributed by atoms with Crippen molar-refractivity contribution in [2.24, 2.45) is 0 Å². The number of ether oxygens (including phenoxy) is 1. The Balaban J connectivity index is 2.56. The molecule has 0 aromatic heterocycles. The molecule has 1 fully saturated rings. The number of methoxy groups -OCH3 is 1. The van der Waals surface area contributed by atoms with Crippen LogP contribution in [0.3, 0.4) is 0 Å². The van der Waals surface area contributed by atoms with Gasteiger partial charge in [-0.25, -0.2) is 5.06 Å². The van der Waals surface area contributed by atoms with E-state index in [1.54, 1.807) is 14.2 Å². The van der Waals surface area contributed by atoms with Crippen LogP contribution in [0, 0.1) is 0 Å². The maximum Gasteiger partial charge on any atom is 0.263 e. The van der Waals surface area contributed by atoms with Crippen LogP contribution < -0.4 is 0 Å². The molecular formula is C9H18N2O3. The lowest BCUT2D eigenvalue weighted by Crippen LogP contribution is -2.41. The smallest absolute Gasteiger partial charge is 0.263 e. The van der Waals surface area contributed by atoms with E-state index in [1.165, 1.54) is 12.2 Å². The van der Waals surface area contributed by atoms with Crippen molar-refractivity contribution < 1.29 is 14.4 Å². The molecule has 14 heavy (non-hydrogen) atoms. The van der Waals surface area contributed by atoms with Gasteiger partial charge in [0.15, 0.2) is 0 Å². The van der Waals surface area contributed by atoms with Gasteiger partial charge in [0, 0.05) is 20.7 Å². The summed E-state index contributed by atoms with van der Waals surface area (Å²) >= 11 is 0. The lowest BCUT2D eigenvalue weighted by Gasteiger charge is -2.22. The molecule has 2 atom stereocenters. The van der Waals surface area contributed by atoms with Crippen LogP contribution in [-0.4, -0.2) is 62.9 Å². The van der Waals surface area contributed by atoms with Crippen LogP contribution in [-0.2, 0) is 14.4 Å². The van der Waals surface area contributed by atoms with Crippen molar-refractivity contribution in [2.75, 3.05) is 34.9 Å². The van der Waals surface area contributed by atoms with Crippen molar-refractivity contribution >= 4 is 5.91 Å². The normalized spacial score (nSPS) is 28.0. The molecule has 0 radical (unpaired) electrons. The summed E-state index contributed by atoms with van der Waals surface area (Å²) in [5, 5.41) is 1.26. The topological polar surface area (TPSA) is 42.0 Å². The van der Waals surface area contributed by atoms with Crippen molar-refractivity contribution in [3.05, 3.63) is 0 Å². The first-order valence-electron chi connectivity index (χ1n) is 4.64. The van der Waals surface area contributed by atoms with Gasteiger partial charge in [0.25, 0.3) is 5.91 Å². The number of carbonyl (C=O) groups excluding carboxylic acids is 1. The van der Waals surface area contributed by atoms with Gasteiger partial charge in [0.05, 0.1) is 19.3 Å². The second kappa shape index (κ2) is 4.72. The van der Waals surface area contributed by atoms with Gasteiger partial charge in [-0.05, 0) is 13.5 Å². The molecule has 82 valence electrons. The Kier molecular flexibility index (Phi) is 3.86. The van der Waals surface area contributed by atoms with Crippen molar-refractivity contribution in [1.82, 2.24) is 9.96 Å². The second-order valence-electron chi connectivity index (χ2n) is 3.57. The summed E-state index contributed by atoms with van der Waals surface area (Å²) in [5.41, 5.74) is 0. The highest BCUT2D eigenvalue weighted by Gasteiger charge is 2.36. The maximum absolute atomic E-state index is 11.8. The van der Waals surface area contributed by atoms with Gasteiger partial charge < -0.3 is 4.74 Å². The SMILES string of the molecule is CO[C@@H]1C[C@@H](C(=O)N(C)OC)N(C)C1. The minimum absolute atomic E-state index is 0.0189. The largest absolute Gasteiger partial charge is 0.380 e. The third-order valence-electron chi connectivity index (χ3n) is 2.71. The Morgan fingerprint density at radius 2 is 2.14 bits per heavy atom. The van der Waals surface area contributed by atoms with E-state index in [0.29, 0.717) is 0 Å². The van der Waals surface area contributed by atoms with E-state index in [-0.39, 0.29) is 18.1 Å². The molecular weight excluding hydrogens is 184 g/mol. The number of hydrogen-bond donors (Lipinski definition) is 0.